The molecule has 1 aromatic carbocycles. The minimum atomic E-state index is -0.155. The van der Waals surface area contributed by atoms with Crippen molar-refractivity contribution in [1.82, 2.24) is 19.4 Å². The van der Waals surface area contributed by atoms with Gasteiger partial charge in [0.2, 0.25) is 5.91 Å². The number of pyridine rings is 1. The second kappa shape index (κ2) is 7.87. The molecule has 0 atom stereocenters. The van der Waals surface area contributed by atoms with Gasteiger partial charge in [-0.05, 0) is 43.7 Å². The molecule has 148 valence electrons. The van der Waals surface area contributed by atoms with Crippen molar-refractivity contribution in [3.63, 3.8) is 0 Å². The van der Waals surface area contributed by atoms with Gasteiger partial charge in [-0.2, -0.15) is 0 Å². The van der Waals surface area contributed by atoms with E-state index in [0.717, 1.165) is 17.1 Å². The van der Waals surface area contributed by atoms with Gasteiger partial charge >= 0.3 is 0 Å². The maximum absolute atomic E-state index is 12.8. The molecule has 0 saturated carbocycles. The number of amides is 2. The quantitative estimate of drug-likeness (QED) is 0.728. The highest BCUT2D eigenvalue weighted by Crippen LogP contribution is 2.28. The van der Waals surface area contributed by atoms with Gasteiger partial charge < -0.3 is 14.8 Å². The number of hydrogen-bond acceptors (Lipinski definition) is 4. The minimum absolute atomic E-state index is 0.0295. The van der Waals surface area contributed by atoms with Crippen LogP contribution in [0.4, 0.5) is 5.69 Å². The molecule has 0 bridgehead atoms. The van der Waals surface area contributed by atoms with Crippen molar-refractivity contribution in [3.05, 3.63) is 77.6 Å². The lowest BCUT2D eigenvalue weighted by Crippen LogP contribution is -2.48. The Balaban J connectivity index is 1.41. The topological polar surface area (TPSA) is 80.1 Å². The molecule has 1 aliphatic rings. The molecular weight excluding hydrogens is 366 g/mol. The number of imidazole rings is 1. The van der Waals surface area contributed by atoms with Crippen LogP contribution in [-0.2, 0) is 11.3 Å². The molecule has 1 saturated heterocycles. The number of aryl methyl sites for hydroxylation is 2. The number of likely N-dealkylation sites (tertiary alicyclic amines) is 1. The fourth-order valence-electron chi connectivity index (χ4n) is 3.44. The lowest BCUT2D eigenvalue weighted by atomic mass is 9.94. The Hall–Kier alpha value is -3.48. The Kier molecular flexibility index (Phi) is 5.12. The smallest absolute Gasteiger partial charge is 0.253 e. The number of carbonyl (C=O) groups is 2. The van der Waals surface area contributed by atoms with Crippen LogP contribution in [0.3, 0.4) is 0 Å². The molecule has 0 spiro atoms. The summed E-state index contributed by atoms with van der Waals surface area (Å²) in [6, 6.07) is 11.3. The van der Waals surface area contributed by atoms with Crippen LogP contribution in [0, 0.1) is 13.8 Å². The number of carbonyl (C=O) groups excluding carboxylic acids is 2. The third-order valence-corrected chi connectivity index (χ3v) is 5.27. The lowest BCUT2D eigenvalue weighted by molar-refractivity contribution is -0.116. The molecule has 3 heterocycles. The Bertz CT molecular complexity index is 1040. The van der Waals surface area contributed by atoms with Gasteiger partial charge in [-0.25, -0.2) is 4.98 Å². The number of anilines is 1. The fraction of sp³-hybridized carbons (Fsp3) is 0.273. The number of nitrogens with one attached hydrogen (secondary N) is 1. The van der Waals surface area contributed by atoms with Gasteiger partial charge in [0, 0.05) is 54.5 Å². The summed E-state index contributed by atoms with van der Waals surface area (Å²) in [6.45, 7) is 5.26. The van der Waals surface area contributed by atoms with Crippen LogP contribution in [0.1, 0.15) is 33.4 Å². The zero-order chi connectivity index (χ0) is 20.4. The molecule has 1 N–H and O–H groups in total. The number of nitrogens with zero attached hydrogens (tertiary/aromatic N) is 4. The summed E-state index contributed by atoms with van der Waals surface area (Å²) >= 11 is 0. The van der Waals surface area contributed by atoms with Crippen molar-refractivity contribution in [2.45, 2.75) is 26.3 Å². The largest absolute Gasteiger partial charge is 0.337 e. The van der Waals surface area contributed by atoms with Crippen LogP contribution >= 0.6 is 0 Å². The van der Waals surface area contributed by atoms with E-state index in [4.69, 9.17) is 0 Å². The summed E-state index contributed by atoms with van der Waals surface area (Å²) in [5.74, 6) is 0.875. The van der Waals surface area contributed by atoms with Crippen molar-refractivity contribution in [3.8, 4) is 0 Å². The summed E-state index contributed by atoms with van der Waals surface area (Å²) in [4.78, 5) is 35.5. The van der Waals surface area contributed by atoms with Gasteiger partial charge in [0.15, 0.2) is 0 Å². The first-order valence-corrected chi connectivity index (χ1v) is 9.59. The third-order valence-electron chi connectivity index (χ3n) is 5.27. The highest BCUT2D eigenvalue weighted by molar-refractivity contribution is 5.98. The van der Waals surface area contributed by atoms with Gasteiger partial charge in [0.1, 0.15) is 12.4 Å². The van der Waals surface area contributed by atoms with E-state index in [0.29, 0.717) is 24.3 Å². The summed E-state index contributed by atoms with van der Waals surface area (Å²) in [7, 11) is 0. The first-order chi connectivity index (χ1) is 14.0. The van der Waals surface area contributed by atoms with Gasteiger partial charge in [-0.1, -0.05) is 12.1 Å². The Morgan fingerprint density at radius 1 is 1.10 bits per heavy atom. The van der Waals surface area contributed by atoms with Crippen LogP contribution in [0.25, 0.3) is 0 Å². The summed E-state index contributed by atoms with van der Waals surface area (Å²) in [5, 5.41) is 2.91. The van der Waals surface area contributed by atoms with Crippen molar-refractivity contribution in [2.75, 3.05) is 18.4 Å². The van der Waals surface area contributed by atoms with E-state index < -0.39 is 0 Å². The fourth-order valence-corrected chi connectivity index (χ4v) is 3.44. The predicted octanol–water partition coefficient (Wildman–Crippen LogP) is 2.77. The molecule has 2 amide bonds. The van der Waals surface area contributed by atoms with Crippen LogP contribution in [0.5, 0.6) is 0 Å². The van der Waals surface area contributed by atoms with E-state index >= 15 is 0 Å². The normalized spacial score (nSPS) is 13.8. The van der Waals surface area contributed by atoms with Gasteiger partial charge in [-0.3, -0.25) is 14.6 Å². The maximum Gasteiger partial charge on any atom is 0.253 e. The van der Waals surface area contributed by atoms with E-state index in [1.807, 2.05) is 43.0 Å². The molecule has 2 aromatic heterocycles. The molecule has 3 aromatic rings. The van der Waals surface area contributed by atoms with E-state index in [1.54, 1.807) is 35.3 Å². The van der Waals surface area contributed by atoms with Crippen LogP contribution in [0.2, 0.25) is 0 Å². The van der Waals surface area contributed by atoms with Crippen molar-refractivity contribution in [1.29, 1.82) is 0 Å². The molecule has 1 aliphatic heterocycles. The van der Waals surface area contributed by atoms with Gasteiger partial charge in [0.05, 0.1) is 0 Å². The molecule has 29 heavy (non-hydrogen) atoms. The molecular formula is C22H23N5O2. The van der Waals surface area contributed by atoms with Crippen molar-refractivity contribution < 1.29 is 9.59 Å². The van der Waals surface area contributed by atoms with Gasteiger partial charge in [-0.15, -0.1) is 0 Å². The van der Waals surface area contributed by atoms with Crippen LogP contribution in [0.15, 0.2) is 55.0 Å². The van der Waals surface area contributed by atoms with Crippen molar-refractivity contribution >= 4 is 17.5 Å². The molecule has 0 radical (unpaired) electrons. The highest BCUT2D eigenvalue weighted by Gasteiger charge is 2.33. The number of rotatable bonds is 5. The van der Waals surface area contributed by atoms with Gasteiger partial charge in [0.25, 0.3) is 5.91 Å². The maximum atomic E-state index is 12.8. The Morgan fingerprint density at radius 3 is 2.62 bits per heavy atom. The summed E-state index contributed by atoms with van der Waals surface area (Å²) in [5.41, 5.74) is 3.15. The van der Waals surface area contributed by atoms with Crippen LogP contribution < -0.4 is 5.32 Å². The molecule has 0 unspecified atom stereocenters. The monoisotopic (exact) mass is 389 g/mol. The summed E-state index contributed by atoms with van der Waals surface area (Å²) < 4.78 is 1.78. The summed E-state index contributed by atoms with van der Waals surface area (Å²) in [6.07, 6.45) is 5.21. The van der Waals surface area contributed by atoms with E-state index in [1.165, 1.54) is 0 Å². The second-order valence-corrected chi connectivity index (χ2v) is 7.34. The van der Waals surface area contributed by atoms with Crippen molar-refractivity contribution in [2.24, 2.45) is 0 Å². The molecule has 0 aliphatic carbocycles. The second-order valence-electron chi connectivity index (χ2n) is 7.34. The highest BCUT2D eigenvalue weighted by atomic mass is 16.2. The van der Waals surface area contributed by atoms with E-state index in [9.17, 15) is 9.59 Å². The van der Waals surface area contributed by atoms with Crippen LogP contribution in [-0.4, -0.2) is 44.3 Å². The zero-order valence-corrected chi connectivity index (χ0v) is 16.5. The molecule has 1 fully saturated rings. The molecule has 7 nitrogen and oxygen atoms in total. The minimum Gasteiger partial charge on any atom is -0.337 e. The average Bonchev–Trinajstić information content (AvgIpc) is 3.07. The number of benzene rings is 1. The Labute approximate surface area is 169 Å². The van der Waals surface area contributed by atoms with E-state index in [-0.39, 0.29) is 24.3 Å². The SMILES string of the molecule is Cc1ccc(C(=O)N2CC(c3ccccn3)C2)cc1NC(=O)Cn1ccnc1C. The average molecular weight is 389 g/mol. The van der Waals surface area contributed by atoms with E-state index in [2.05, 4.69) is 15.3 Å². The predicted molar refractivity (Wildman–Crippen MR) is 110 cm³/mol. The standard InChI is InChI=1S/C22H23N5O2/c1-15-6-7-17(11-20(15)25-21(28)14-26-10-9-23-16(26)2)22(29)27-12-18(13-27)19-5-3-4-8-24-19/h3-11,18H,12-14H2,1-2H3,(H,25,28). The molecule has 4 rings (SSSR count). The zero-order valence-electron chi connectivity index (χ0n) is 16.5. The number of aromatic nitrogens is 3. The first-order valence-electron chi connectivity index (χ1n) is 9.59. The molecule has 7 heteroatoms. The lowest BCUT2D eigenvalue weighted by Gasteiger charge is -2.39. The third kappa shape index (κ3) is 4.03. The Morgan fingerprint density at radius 2 is 1.93 bits per heavy atom. The first kappa shape index (κ1) is 18.9. The number of hydrogen-bond donors (Lipinski definition) is 1.